The van der Waals surface area contributed by atoms with Gasteiger partial charge < -0.3 is 19.8 Å². The summed E-state index contributed by atoms with van der Waals surface area (Å²) >= 11 is 1.36. The Morgan fingerprint density at radius 1 is 1.10 bits per heavy atom. The zero-order valence-corrected chi connectivity index (χ0v) is 17.8. The van der Waals surface area contributed by atoms with Crippen LogP contribution in [-0.2, 0) is 21.7 Å². The molecule has 3 rings (SSSR count). The lowest BCUT2D eigenvalue weighted by molar-refractivity contribution is -0.115. The minimum absolute atomic E-state index is 0.0601. The number of thioether (sulfide) groups is 1. The number of amides is 1. The van der Waals surface area contributed by atoms with Crippen LogP contribution >= 0.6 is 11.8 Å². The van der Waals surface area contributed by atoms with Crippen LogP contribution in [-0.4, -0.2) is 36.1 Å². The van der Waals surface area contributed by atoms with Crippen molar-refractivity contribution in [3.05, 3.63) is 81.8 Å². The van der Waals surface area contributed by atoms with E-state index in [-0.39, 0.29) is 17.9 Å². The van der Waals surface area contributed by atoms with Crippen molar-refractivity contribution in [3.63, 3.8) is 0 Å². The molecule has 0 unspecified atom stereocenters. The standard InChI is InChI=1S/C22H21N3O5S/c1-29-18-5-3-4-14(10-18)13-31-22-24-17(12-20(27)25-22)11-19(26)23-16-8-6-15(7-9-16)21(28)30-2/h3-10,12H,11,13H2,1-2H3,(H,23,26)(H,24,25,27). The lowest BCUT2D eigenvalue weighted by Gasteiger charge is -2.07. The number of hydrogen-bond donors (Lipinski definition) is 2. The molecule has 0 radical (unpaired) electrons. The Bertz CT molecular complexity index is 1130. The molecule has 0 atom stereocenters. The highest BCUT2D eigenvalue weighted by atomic mass is 32.2. The molecule has 2 N–H and O–H groups in total. The Hall–Kier alpha value is -3.59. The second-order valence-electron chi connectivity index (χ2n) is 6.48. The Kier molecular flexibility index (Phi) is 7.45. The van der Waals surface area contributed by atoms with E-state index in [0.717, 1.165) is 11.3 Å². The number of H-pyrrole nitrogens is 1. The summed E-state index contributed by atoms with van der Waals surface area (Å²) in [4.78, 5) is 42.9. The first-order valence-corrected chi connectivity index (χ1v) is 10.3. The van der Waals surface area contributed by atoms with Crippen LogP contribution in [0.2, 0.25) is 0 Å². The van der Waals surface area contributed by atoms with Crippen molar-refractivity contribution in [2.24, 2.45) is 0 Å². The zero-order valence-electron chi connectivity index (χ0n) is 17.0. The average Bonchev–Trinajstić information content (AvgIpc) is 2.77. The first-order valence-electron chi connectivity index (χ1n) is 9.31. The molecule has 1 amide bonds. The van der Waals surface area contributed by atoms with Gasteiger partial charge in [0, 0.05) is 17.5 Å². The number of carbonyl (C=O) groups is 2. The number of anilines is 1. The molecule has 0 aliphatic heterocycles. The molecule has 1 aromatic heterocycles. The van der Waals surface area contributed by atoms with E-state index in [4.69, 9.17) is 4.74 Å². The van der Waals surface area contributed by atoms with E-state index in [1.807, 2.05) is 24.3 Å². The van der Waals surface area contributed by atoms with Gasteiger partial charge in [0.05, 0.1) is 31.9 Å². The molecule has 8 nitrogen and oxygen atoms in total. The normalized spacial score (nSPS) is 10.4. The van der Waals surface area contributed by atoms with E-state index < -0.39 is 5.97 Å². The predicted molar refractivity (Wildman–Crippen MR) is 118 cm³/mol. The van der Waals surface area contributed by atoms with Gasteiger partial charge in [-0.25, -0.2) is 9.78 Å². The summed E-state index contributed by atoms with van der Waals surface area (Å²) in [6, 6.07) is 15.2. The molecule has 1 heterocycles. The third-order valence-corrected chi connectivity index (χ3v) is 5.16. The molecule has 31 heavy (non-hydrogen) atoms. The zero-order chi connectivity index (χ0) is 22.2. The smallest absolute Gasteiger partial charge is 0.337 e. The van der Waals surface area contributed by atoms with Crippen LogP contribution in [0.15, 0.2) is 64.5 Å². The minimum Gasteiger partial charge on any atom is -0.497 e. The first kappa shape index (κ1) is 22.1. The maximum absolute atomic E-state index is 12.4. The SMILES string of the molecule is COC(=O)c1ccc(NC(=O)Cc2cc(=O)[nH]c(SCc3cccc(OC)c3)n2)cc1. The maximum Gasteiger partial charge on any atom is 0.337 e. The molecular weight excluding hydrogens is 418 g/mol. The molecule has 3 aromatic rings. The number of aromatic amines is 1. The third kappa shape index (κ3) is 6.45. The van der Waals surface area contributed by atoms with Crippen molar-refractivity contribution in [1.29, 1.82) is 0 Å². The minimum atomic E-state index is -0.454. The summed E-state index contributed by atoms with van der Waals surface area (Å²) < 4.78 is 9.85. The number of hydrogen-bond acceptors (Lipinski definition) is 7. The van der Waals surface area contributed by atoms with E-state index in [0.29, 0.717) is 27.9 Å². The van der Waals surface area contributed by atoms with Gasteiger partial charge in [-0.05, 0) is 42.0 Å². The highest BCUT2D eigenvalue weighted by Crippen LogP contribution is 2.21. The quantitative estimate of drug-likeness (QED) is 0.315. The number of ether oxygens (including phenoxy) is 2. The summed E-state index contributed by atoms with van der Waals surface area (Å²) in [5, 5.41) is 3.15. The number of methoxy groups -OCH3 is 2. The fraction of sp³-hybridized carbons (Fsp3) is 0.182. The van der Waals surface area contributed by atoms with Crippen molar-refractivity contribution in [1.82, 2.24) is 9.97 Å². The highest BCUT2D eigenvalue weighted by Gasteiger charge is 2.10. The molecular formula is C22H21N3O5S. The van der Waals surface area contributed by atoms with Crippen molar-refractivity contribution in [3.8, 4) is 5.75 Å². The van der Waals surface area contributed by atoms with E-state index in [1.165, 1.54) is 24.9 Å². The van der Waals surface area contributed by atoms with Gasteiger partial charge in [-0.3, -0.25) is 9.59 Å². The van der Waals surface area contributed by atoms with E-state index in [9.17, 15) is 14.4 Å². The van der Waals surface area contributed by atoms with Gasteiger partial charge in [-0.1, -0.05) is 23.9 Å². The topological polar surface area (TPSA) is 110 Å². The first-order chi connectivity index (χ1) is 15.0. The van der Waals surface area contributed by atoms with E-state index in [2.05, 4.69) is 20.0 Å². The Morgan fingerprint density at radius 2 is 1.87 bits per heavy atom. The molecule has 9 heteroatoms. The van der Waals surface area contributed by atoms with Gasteiger partial charge in [0.25, 0.3) is 5.56 Å². The predicted octanol–water partition coefficient (Wildman–Crippen LogP) is 3.04. The summed E-state index contributed by atoms with van der Waals surface area (Å²) in [5.74, 6) is 0.560. The van der Waals surface area contributed by atoms with Crippen molar-refractivity contribution < 1.29 is 19.1 Å². The van der Waals surface area contributed by atoms with Gasteiger partial charge in [-0.2, -0.15) is 0 Å². The highest BCUT2D eigenvalue weighted by molar-refractivity contribution is 7.98. The molecule has 0 spiro atoms. The van der Waals surface area contributed by atoms with Gasteiger partial charge in [0.2, 0.25) is 5.91 Å². The largest absolute Gasteiger partial charge is 0.497 e. The number of rotatable bonds is 8. The Balaban J connectivity index is 1.62. The number of esters is 1. The number of nitrogens with zero attached hydrogens (tertiary/aromatic N) is 1. The van der Waals surface area contributed by atoms with Crippen molar-refractivity contribution in [2.75, 3.05) is 19.5 Å². The third-order valence-electron chi connectivity index (χ3n) is 4.21. The monoisotopic (exact) mass is 439 g/mol. The van der Waals surface area contributed by atoms with Gasteiger partial charge in [0.15, 0.2) is 5.16 Å². The van der Waals surface area contributed by atoms with Crippen LogP contribution in [0.4, 0.5) is 5.69 Å². The Labute approximate surface area is 183 Å². The molecule has 0 saturated heterocycles. The number of carbonyl (C=O) groups excluding carboxylic acids is 2. The van der Waals surface area contributed by atoms with Crippen molar-refractivity contribution >= 4 is 29.3 Å². The number of nitrogens with one attached hydrogen (secondary N) is 2. The van der Waals surface area contributed by atoms with Crippen LogP contribution in [0.1, 0.15) is 21.6 Å². The lowest BCUT2D eigenvalue weighted by Crippen LogP contribution is -2.18. The Morgan fingerprint density at radius 3 is 2.58 bits per heavy atom. The molecule has 0 aliphatic rings. The number of benzene rings is 2. The van der Waals surface area contributed by atoms with Crippen LogP contribution in [0.5, 0.6) is 5.75 Å². The van der Waals surface area contributed by atoms with Gasteiger partial charge in [0.1, 0.15) is 5.75 Å². The fourth-order valence-corrected chi connectivity index (χ4v) is 3.57. The molecule has 0 saturated carbocycles. The lowest BCUT2D eigenvalue weighted by atomic mass is 10.2. The van der Waals surface area contributed by atoms with Crippen LogP contribution in [0.3, 0.4) is 0 Å². The van der Waals surface area contributed by atoms with Crippen LogP contribution in [0, 0.1) is 0 Å². The summed E-state index contributed by atoms with van der Waals surface area (Å²) in [6.45, 7) is 0. The van der Waals surface area contributed by atoms with Gasteiger partial charge >= 0.3 is 5.97 Å². The number of aromatic nitrogens is 2. The maximum atomic E-state index is 12.4. The molecule has 0 bridgehead atoms. The second-order valence-corrected chi connectivity index (χ2v) is 7.44. The van der Waals surface area contributed by atoms with E-state index >= 15 is 0 Å². The summed E-state index contributed by atoms with van der Waals surface area (Å²) in [5.41, 5.74) is 1.96. The van der Waals surface area contributed by atoms with Crippen molar-refractivity contribution in [2.45, 2.75) is 17.3 Å². The van der Waals surface area contributed by atoms with Crippen LogP contribution in [0.25, 0.3) is 0 Å². The molecule has 0 fully saturated rings. The fourth-order valence-electron chi connectivity index (χ4n) is 2.73. The second kappa shape index (κ2) is 10.4. The molecule has 160 valence electrons. The van der Waals surface area contributed by atoms with E-state index in [1.54, 1.807) is 31.4 Å². The molecule has 0 aliphatic carbocycles. The average molecular weight is 439 g/mol. The molecule has 2 aromatic carbocycles. The van der Waals surface area contributed by atoms with Gasteiger partial charge in [-0.15, -0.1) is 0 Å². The summed E-state index contributed by atoms with van der Waals surface area (Å²) in [7, 11) is 2.91. The van der Waals surface area contributed by atoms with Crippen LogP contribution < -0.4 is 15.6 Å². The summed E-state index contributed by atoms with van der Waals surface area (Å²) in [6.07, 6.45) is -0.0601.